The van der Waals surface area contributed by atoms with E-state index in [1.807, 2.05) is 11.8 Å². The van der Waals surface area contributed by atoms with Gasteiger partial charge in [0.05, 0.1) is 10.7 Å². The number of nitrogens with two attached hydrogens (primary N) is 1. The number of carbonyl (C=O) groups is 2. The minimum atomic E-state index is -0.252. The Morgan fingerprint density at radius 1 is 1.38 bits per heavy atom. The number of nitrogens with zero attached hydrogens (tertiary/aromatic N) is 2. The van der Waals surface area contributed by atoms with Gasteiger partial charge in [-0.1, -0.05) is 13.3 Å². The van der Waals surface area contributed by atoms with Crippen LogP contribution in [0.1, 0.15) is 53.0 Å². The summed E-state index contributed by atoms with van der Waals surface area (Å²) >= 11 is 1.51. The highest BCUT2D eigenvalue weighted by Gasteiger charge is 2.28. The number of thiazole rings is 1. The number of unbranched alkanes of at least 4 members (excludes halogenated alkanes) is 1. The summed E-state index contributed by atoms with van der Waals surface area (Å²) in [5.74, 6) is -0.287. The van der Waals surface area contributed by atoms with Crippen LogP contribution in [0.2, 0.25) is 0 Å². The van der Waals surface area contributed by atoms with Gasteiger partial charge in [0.25, 0.3) is 5.91 Å². The molecule has 0 bridgehead atoms. The summed E-state index contributed by atoms with van der Waals surface area (Å²) in [5.41, 5.74) is 6.15. The lowest BCUT2D eigenvalue weighted by Crippen LogP contribution is -2.41. The van der Waals surface area contributed by atoms with Gasteiger partial charge in [-0.3, -0.25) is 9.59 Å². The number of aryl methyl sites for hydroxylation is 2. The molecule has 21 heavy (non-hydrogen) atoms. The molecule has 1 aromatic rings. The molecule has 2 rings (SSSR count). The normalized spacial score (nSPS) is 16.2. The first-order valence-corrected chi connectivity index (χ1v) is 8.39. The van der Waals surface area contributed by atoms with Crippen molar-refractivity contribution in [3.8, 4) is 0 Å². The second-order valence-corrected chi connectivity index (χ2v) is 6.68. The molecule has 1 aromatic heterocycles. The van der Waals surface area contributed by atoms with E-state index < -0.39 is 0 Å². The van der Waals surface area contributed by atoms with Crippen LogP contribution in [-0.4, -0.2) is 34.8 Å². The van der Waals surface area contributed by atoms with Gasteiger partial charge in [-0.25, -0.2) is 4.98 Å². The molecule has 0 radical (unpaired) electrons. The Labute approximate surface area is 129 Å². The third kappa shape index (κ3) is 3.81. The van der Waals surface area contributed by atoms with Gasteiger partial charge in [0.1, 0.15) is 4.88 Å². The molecule has 5 nitrogen and oxygen atoms in total. The largest absolute Gasteiger partial charge is 0.369 e. The van der Waals surface area contributed by atoms with Crippen molar-refractivity contribution in [2.45, 2.75) is 46.0 Å². The maximum atomic E-state index is 12.6. The molecule has 1 fully saturated rings. The second-order valence-electron chi connectivity index (χ2n) is 5.59. The van der Waals surface area contributed by atoms with Gasteiger partial charge < -0.3 is 10.6 Å². The maximum Gasteiger partial charge on any atom is 0.265 e. The zero-order valence-corrected chi connectivity index (χ0v) is 13.5. The number of primary amides is 1. The molecule has 6 heteroatoms. The molecular formula is C15H23N3O2S. The summed E-state index contributed by atoms with van der Waals surface area (Å²) in [5, 5.41) is 1.05. The van der Waals surface area contributed by atoms with Crippen LogP contribution >= 0.6 is 11.3 Å². The van der Waals surface area contributed by atoms with Gasteiger partial charge in [0.15, 0.2) is 0 Å². The molecule has 2 heterocycles. The van der Waals surface area contributed by atoms with Crippen molar-refractivity contribution in [2.24, 2.45) is 11.7 Å². The molecule has 0 spiro atoms. The van der Waals surface area contributed by atoms with Crippen molar-refractivity contribution in [1.29, 1.82) is 0 Å². The molecular weight excluding hydrogens is 286 g/mol. The number of rotatable bonds is 5. The van der Waals surface area contributed by atoms with E-state index >= 15 is 0 Å². The van der Waals surface area contributed by atoms with Gasteiger partial charge in [-0.15, -0.1) is 11.3 Å². The van der Waals surface area contributed by atoms with E-state index in [0.717, 1.165) is 34.8 Å². The summed E-state index contributed by atoms with van der Waals surface area (Å²) in [6, 6.07) is 0. The molecule has 0 saturated carbocycles. The fraction of sp³-hybridized carbons (Fsp3) is 0.667. The third-order valence-corrected chi connectivity index (χ3v) is 5.17. The van der Waals surface area contributed by atoms with E-state index in [1.54, 1.807) is 0 Å². The molecule has 0 atom stereocenters. The van der Waals surface area contributed by atoms with Gasteiger partial charge in [-0.2, -0.15) is 0 Å². The quantitative estimate of drug-likeness (QED) is 0.905. The SMILES string of the molecule is CCCCc1nc(C)c(C(=O)N2CCC(C(N)=O)CC2)s1. The van der Waals surface area contributed by atoms with Crippen molar-refractivity contribution < 1.29 is 9.59 Å². The first-order valence-electron chi connectivity index (χ1n) is 7.57. The minimum Gasteiger partial charge on any atom is -0.369 e. The summed E-state index contributed by atoms with van der Waals surface area (Å²) in [7, 11) is 0. The van der Waals surface area contributed by atoms with Crippen LogP contribution in [0.3, 0.4) is 0 Å². The summed E-state index contributed by atoms with van der Waals surface area (Å²) in [6.07, 6.45) is 4.51. The van der Waals surface area contributed by atoms with Crippen LogP contribution in [0.15, 0.2) is 0 Å². The number of carbonyl (C=O) groups excluding carboxylic acids is 2. The Balaban J connectivity index is 2.00. The lowest BCUT2D eigenvalue weighted by atomic mass is 9.96. The van der Waals surface area contributed by atoms with Crippen LogP contribution < -0.4 is 5.73 Å². The van der Waals surface area contributed by atoms with Crippen LogP contribution in [0, 0.1) is 12.8 Å². The number of aromatic nitrogens is 1. The van der Waals surface area contributed by atoms with Crippen LogP contribution in [0.5, 0.6) is 0 Å². The Kier molecular flexibility index (Phi) is 5.33. The topological polar surface area (TPSA) is 76.3 Å². The Bertz CT molecular complexity index is 519. The van der Waals surface area contributed by atoms with E-state index in [4.69, 9.17) is 5.73 Å². The number of hydrogen-bond acceptors (Lipinski definition) is 4. The fourth-order valence-electron chi connectivity index (χ4n) is 2.60. The molecule has 2 N–H and O–H groups in total. The highest BCUT2D eigenvalue weighted by atomic mass is 32.1. The number of piperidine rings is 1. The van der Waals surface area contributed by atoms with Gasteiger partial charge >= 0.3 is 0 Å². The first kappa shape index (κ1) is 15.9. The average Bonchev–Trinajstić information content (AvgIpc) is 2.85. The summed E-state index contributed by atoms with van der Waals surface area (Å²) in [4.78, 5) is 30.8. The zero-order valence-electron chi connectivity index (χ0n) is 12.7. The van der Waals surface area contributed by atoms with E-state index in [9.17, 15) is 9.59 Å². The van der Waals surface area contributed by atoms with Crippen molar-refractivity contribution >= 4 is 23.2 Å². The summed E-state index contributed by atoms with van der Waals surface area (Å²) in [6.45, 7) is 5.26. The molecule has 0 aromatic carbocycles. The molecule has 1 aliphatic heterocycles. The average molecular weight is 309 g/mol. The monoisotopic (exact) mass is 309 g/mol. The number of amides is 2. The lowest BCUT2D eigenvalue weighted by Gasteiger charge is -2.30. The highest BCUT2D eigenvalue weighted by molar-refractivity contribution is 7.13. The Morgan fingerprint density at radius 3 is 2.62 bits per heavy atom. The predicted octanol–water partition coefficient (Wildman–Crippen LogP) is 2.13. The van der Waals surface area contributed by atoms with Crippen LogP contribution in [0.25, 0.3) is 0 Å². The number of likely N-dealkylation sites (tertiary alicyclic amines) is 1. The Morgan fingerprint density at radius 2 is 2.05 bits per heavy atom. The molecule has 0 unspecified atom stereocenters. The van der Waals surface area contributed by atoms with E-state index in [0.29, 0.717) is 25.9 Å². The predicted molar refractivity (Wildman–Crippen MR) is 83.3 cm³/mol. The maximum absolute atomic E-state index is 12.6. The van der Waals surface area contributed by atoms with Gasteiger partial charge in [0, 0.05) is 19.0 Å². The van der Waals surface area contributed by atoms with Gasteiger partial charge in [0.2, 0.25) is 5.91 Å². The van der Waals surface area contributed by atoms with Crippen molar-refractivity contribution in [1.82, 2.24) is 9.88 Å². The van der Waals surface area contributed by atoms with Crippen LogP contribution in [-0.2, 0) is 11.2 Å². The molecule has 1 saturated heterocycles. The highest BCUT2D eigenvalue weighted by Crippen LogP contribution is 2.24. The fourth-order valence-corrected chi connectivity index (χ4v) is 3.67. The van der Waals surface area contributed by atoms with Crippen LogP contribution in [0.4, 0.5) is 0 Å². The summed E-state index contributed by atoms with van der Waals surface area (Å²) < 4.78 is 0. The molecule has 0 aliphatic carbocycles. The second kappa shape index (κ2) is 7.02. The molecule has 2 amide bonds. The van der Waals surface area contributed by atoms with E-state index in [2.05, 4.69) is 11.9 Å². The lowest BCUT2D eigenvalue weighted by molar-refractivity contribution is -0.123. The first-order chi connectivity index (χ1) is 10.0. The molecule has 116 valence electrons. The molecule has 1 aliphatic rings. The minimum absolute atomic E-state index is 0.0515. The van der Waals surface area contributed by atoms with Crippen molar-refractivity contribution in [3.63, 3.8) is 0 Å². The standard InChI is InChI=1S/C15H23N3O2S/c1-3-4-5-12-17-10(2)13(21-12)15(20)18-8-6-11(7-9-18)14(16)19/h11H,3-9H2,1-2H3,(H2,16,19). The Hall–Kier alpha value is -1.43. The smallest absolute Gasteiger partial charge is 0.265 e. The van der Waals surface area contributed by atoms with Gasteiger partial charge in [-0.05, 0) is 32.6 Å². The van der Waals surface area contributed by atoms with Crippen molar-refractivity contribution in [3.05, 3.63) is 15.6 Å². The van der Waals surface area contributed by atoms with E-state index in [1.165, 1.54) is 11.3 Å². The third-order valence-electron chi connectivity index (χ3n) is 3.96. The van der Waals surface area contributed by atoms with E-state index in [-0.39, 0.29) is 17.7 Å². The zero-order chi connectivity index (χ0) is 15.4. The number of hydrogen-bond donors (Lipinski definition) is 1. The van der Waals surface area contributed by atoms with Crippen molar-refractivity contribution in [2.75, 3.05) is 13.1 Å².